The van der Waals surface area contributed by atoms with Crippen LogP contribution in [-0.2, 0) is 6.61 Å². The Morgan fingerprint density at radius 2 is 2.04 bits per heavy atom. The fourth-order valence-corrected chi connectivity index (χ4v) is 2.30. The van der Waals surface area contributed by atoms with Gasteiger partial charge in [0.2, 0.25) is 5.89 Å². The molecule has 2 aromatic carbocycles. The van der Waals surface area contributed by atoms with Crippen LogP contribution in [0.4, 0.5) is 0 Å². The summed E-state index contributed by atoms with van der Waals surface area (Å²) >= 11 is 0. The number of nitriles is 1. The summed E-state index contributed by atoms with van der Waals surface area (Å²) in [5.74, 6) is -0.247. The minimum Gasteiger partial charge on any atom is -0.482 e. The molecule has 0 bridgehead atoms. The molecule has 0 amide bonds. The van der Waals surface area contributed by atoms with Gasteiger partial charge in [-0.25, -0.2) is 9.78 Å². The van der Waals surface area contributed by atoms with Gasteiger partial charge in [-0.2, -0.15) is 5.26 Å². The van der Waals surface area contributed by atoms with E-state index in [0.717, 1.165) is 11.1 Å². The van der Waals surface area contributed by atoms with Gasteiger partial charge in [0.15, 0.2) is 12.2 Å². The molecular weight excluding hydrogens is 308 g/mol. The van der Waals surface area contributed by atoms with Gasteiger partial charge in [0, 0.05) is 0 Å². The van der Waals surface area contributed by atoms with Gasteiger partial charge in [0.1, 0.15) is 17.3 Å². The number of aryl methyl sites for hydroxylation is 2. The summed E-state index contributed by atoms with van der Waals surface area (Å²) in [6, 6.07) is 10.2. The van der Waals surface area contributed by atoms with Crippen molar-refractivity contribution in [2.24, 2.45) is 0 Å². The summed E-state index contributed by atoms with van der Waals surface area (Å²) in [6.07, 6.45) is 0. The Labute approximate surface area is 137 Å². The van der Waals surface area contributed by atoms with Crippen LogP contribution in [0, 0.1) is 25.2 Å². The lowest BCUT2D eigenvalue weighted by molar-refractivity contribution is 0.0697. The summed E-state index contributed by atoms with van der Waals surface area (Å²) in [7, 11) is 0. The number of hydrogen-bond donors (Lipinski definition) is 1. The van der Waals surface area contributed by atoms with E-state index < -0.39 is 5.97 Å². The fraction of sp³-hybridized carbons (Fsp3) is 0.167. The first-order valence-corrected chi connectivity index (χ1v) is 7.25. The maximum atomic E-state index is 11.0. The number of aromatic nitrogens is 1. The fourth-order valence-electron chi connectivity index (χ4n) is 2.30. The lowest BCUT2D eigenvalue weighted by Gasteiger charge is -2.08. The normalized spacial score (nSPS) is 10.5. The van der Waals surface area contributed by atoms with Crippen molar-refractivity contribution in [3.63, 3.8) is 0 Å². The van der Waals surface area contributed by atoms with Crippen LogP contribution >= 0.6 is 0 Å². The van der Waals surface area contributed by atoms with Crippen LogP contribution in [0.15, 0.2) is 34.7 Å². The van der Waals surface area contributed by atoms with Crippen LogP contribution < -0.4 is 4.74 Å². The third kappa shape index (κ3) is 2.92. The van der Waals surface area contributed by atoms with Gasteiger partial charge in [-0.3, -0.25) is 0 Å². The smallest absolute Gasteiger partial charge is 0.335 e. The second-order valence-corrected chi connectivity index (χ2v) is 5.43. The molecule has 0 spiro atoms. The van der Waals surface area contributed by atoms with Crippen molar-refractivity contribution in [2.45, 2.75) is 20.5 Å². The van der Waals surface area contributed by atoms with Crippen LogP contribution in [0.1, 0.15) is 32.9 Å². The number of carboxylic acids is 1. The topological polar surface area (TPSA) is 96.3 Å². The number of carboxylic acid groups (broad SMARTS) is 1. The van der Waals surface area contributed by atoms with Crippen molar-refractivity contribution in [1.82, 2.24) is 4.98 Å². The molecule has 0 radical (unpaired) electrons. The predicted molar refractivity (Wildman–Crippen MR) is 85.9 cm³/mol. The van der Waals surface area contributed by atoms with E-state index in [2.05, 4.69) is 11.1 Å². The Kier molecular flexibility index (Phi) is 3.92. The zero-order valence-corrected chi connectivity index (χ0v) is 13.2. The molecule has 0 saturated heterocycles. The minimum absolute atomic E-state index is 0.0499. The van der Waals surface area contributed by atoms with Gasteiger partial charge in [-0.15, -0.1) is 0 Å². The highest BCUT2D eigenvalue weighted by Gasteiger charge is 2.12. The Balaban J connectivity index is 1.85. The van der Waals surface area contributed by atoms with E-state index in [0.29, 0.717) is 28.3 Å². The number of carbonyl (C=O) groups is 1. The standard InChI is InChI=1S/C18H14N2O4/c1-10-5-13(8-19)15(6-11(10)2)23-9-17-20-14-4-3-12(18(21)22)7-16(14)24-17/h3-7H,9H2,1-2H3,(H,21,22). The Hall–Kier alpha value is -3.33. The van der Waals surface area contributed by atoms with E-state index in [4.69, 9.17) is 14.3 Å². The molecule has 3 rings (SSSR count). The summed E-state index contributed by atoms with van der Waals surface area (Å²) < 4.78 is 11.2. The average Bonchev–Trinajstić information content (AvgIpc) is 2.97. The van der Waals surface area contributed by atoms with E-state index in [9.17, 15) is 10.1 Å². The van der Waals surface area contributed by atoms with Gasteiger partial charge in [-0.1, -0.05) is 0 Å². The SMILES string of the molecule is Cc1cc(C#N)c(OCc2nc3ccc(C(=O)O)cc3o2)cc1C. The number of aromatic carboxylic acids is 1. The maximum Gasteiger partial charge on any atom is 0.335 e. The molecular formula is C18H14N2O4. The van der Waals surface area contributed by atoms with E-state index >= 15 is 0 Å². The molecule has 6 nitrogen and oxygen atoms in total. The third-order valence-corrected chi connectivity index (χ3v) is 3.75. The van der Waals surface area contributed by atoms with Crippen molar-refractivity contribution in [3.05, 3.63) is 58.5 Å². The number of benzene rings is 2. The zero-order valence-electron chi connectivity index (χ0n) is 13.2. The quantitative estimate of drug-likeness (QED) is 0.788. The van der Waals surface area contributed by atoms with Crippen LogP contribution in [0.5, 0.6) is 5.75 Å². The first-order chi connectivity index (χ1) is 11.5. The van der Waals surface area contributed by atoms with E-state index in [1.54, 1.807) is 18.2 Å². The number of hydrogen-bond acceptors (Lipinski definition) is 5. The van der Waals surface area contributed by atoms with Crippen molar-refractivity contribution in [1.29, 1.82) is 5.26 Å². The van der Waals surface area contributed by atoms with Crippen molar-refractivity contribution in [2.75, 3.05) is 0 Å². The highest BCUT2D eigenvalue weighted by molar-refractivity contribution is 5.91. The number of fused-ring (bicyclic) bond motifs is 1. The van der Waals surface area contributed by atoms with Gasteiger partial charge in [0.05, 0.1) is 11.1 Å². The molecule has 0 fully saturated rings. The minimum atomic E-state index is -1.03. The van der Waals surface area contributed by atoms with Crippen LogP contribution in [0.3, 0.4) is 0 Å². The Morgan fingerprint density at radius 3 is 2.75 bits per heavy atom. The second kappa shape index (κ2) is 6.05. The number of oxazole rings is 1. The largest absolute Gasteiger partial charge is 0.482 e. The zero-order chi connectivity index (χ0) is 17.3. The summed E-state index contributed by atoms with van der Waals surface area (Å²) in [5, 5.41) is 18.2. The van der Waals surface area contributed by atoms with Crippen molar-refractivity contribution < 1.29 is 19.1 Å². The van der Waals surface area contributed by atoms with E-state index in [1.165, 1.54) is 12.1 Å². The third-order valence-electron chi connectivity index (χ3n) is 3.75. The lowest BCUT2D eigenvalue weighted by atomic mass is 10.1. The first kappa shape index (κ1) is 15.6. The van der Waals surface area contributed by atoms with Crippen LogP contribution in [-0.4, -0.2) is 16.1 Å². The molecule has 0 aliphatic heterocycles. The van der Waals surface area contributed by atoms with E-state index in [-0.39, 0.29) is 12.2 Å². The maximum absolute atomic E-state index is 11.0. The highest BCUT2D eigenvalue weighted by Crippen LogP contribution is 2.24. The van der Waals surface area contributed by atoms with Gasteiger partial charge in [-0.05, 0) is 55.3 Å². The Bertz CT molecular complexity index is 983. The molecule has 1 aromatic heterocycles. The molecule has 0 aliphatic rings. The van der Waals surface area contributed by atoms with Crippen LogP contribution in [0.25, 0.3) is 11.1 Å². The first-order valence-electron chi connectivity index (χ1n) is 7.25. The van der Waals surface area contributed by atoms with Gasteiger partial charge in [0.25, 0.3) is 0 Å². The van der Waals surface area contributed by atoms with Gasteiger partial charge < -0.3 is 14.3 Å². The average molecular weight is 322 g/mol. The Morgan fingerprint density at radius 1 is 1.29 bits per heavy atom. The van der Waals surface area contributed by atoms with E-state index in [1.807, 2.05) is 13.8 Å². The molecule has 6 heteroatoms. The highest BCUT2D eigenvalue weighted by atomic mass is 16.5. The summed E-state index contributed by atoms with van der Waals surface area (Å²) in [6.45, 7) is 3.92. The summed E-state index contributed by atoms with van der Waals surface area (Å²) in [4.78, 5) is 15.2. The van der Waals surface area contributed by atoms with Crippen molar-refractivity contribution in [3.8, 4) is 11.8 Å². The molecule has 0 unspecified atom stereocenters. The molecule has 0 saturated carbocycles. The summed E-state index contributed by atoms with van der Waals surface area (Å²) in [5.41, 5.74) is 3.55. The molecule has 120 valence electrons. The van der Waals surface area contributed by atoms with Gasteiger partial charge >= 0.3 is 5.97 Å². The molecule has 0 aliphatic carbocycles. The number of ether oxygens (including phenoxy) is 1. The molecule has 0 atom stereocenters. The van der Waals surface area contributed by atoms with Crippen LogP contribution in [0.2, 0.25) is 0 Å². The molecule has 1 heterocycles. The predicted octanol–water partition coefficient (Wildman–Crippen LogP) is 3.59. The molecule has 24 heavy (non-hydrogen) atoms. The number of rotatable bonds is 4. The molecule has 1 N–H and O–H groups in total. The lowest BCUT2D eigenvalue weighted by Crippen LogP contribution is -1.99. The number of nitrogens with zero attached hydrogens (tertiary/aromatic N) is 2. The molecule has 3 aromatic rings. The van der Waals surface area contributed by atoms with Crippen molar-refractivity contribution >= 4 is 17.1 Å². The second-order valence-electron chi connectivity index (χ2n) is 5.43. The monoisotopic (exact) mass is 322 g/mol.